The molecule has 192 valence electrons. The molecule has 1 saturated heterocycles. The van der Waals surface area contributed by atoms with Gasteiger partial charge in [0.2, 0.25) is 0 Å². The van der Waals surface area contributed by atoms with Crippen LogP contribution in [0.5, 0.6) is 11.5 Å². The van der Waals surface area contributed by atoms with E-state index in [-0.39, 0.29) is 30.2 Å². The Hall–Kier alpha value is -2.97. The van der Waals surface area contributed by atoms with Gasteiger partial charge in [-0.1, -0.05) is 12.8 Å². The quantitative estimate of drug-likeness (QED) is 0.477. The fourth-order valence-electron chi connectivity index (χ4n) is 4.10. The smallest absolute Gasteiger partial charge is 0.410 e. The van der Waals surface area contributed by atoms with Gasteiger partial charge >= 0.3 is 6.09 Å². The first-order valence-corrected chi connectivity index (χ1v) is 12.2. The highest BCUT2D eigenvalue weighted by Crippen LogP contribution is 2.26. The van der Waals surface area contributed by atoms with Gasteiger partial charge in [0.05, 0.1) is 12.6 Å². The van der Waals surface area contributed by atoms with E-state index in [2.05, 4.69) is 9.97 Å². The molecule has 2 aromatic heterocycles. The highest BCUT2D eigenvalue weighted by molar-refractivity contribution is 5.69. The zero-order valence-electron chi connectivity index (χ0n) is 20.7. The third-order valence-electron chi connectivity index (χ3n) is 5.84. The number of ether oxygens (including phenoxy) is 3. The Kier molecular flexibility index (Phi) is 9.63. The zero-order chi connectivity index (χ0) is 25.3. The van der Waals surface area contributed by atoms with E-state index in [0.717, 1.165) is 12.8 Å². The summed E-state index contributed by atoms with van der Waals surface area (Å²) in [4.78, 5) is 20.8. The number of likely N-dealkylation sites (tertiary alicyclic amines) is 1. The van der Waals surface area contributed by atoms with Crippen LogP contribution in [0.1, 0.15) is 59.3 Å². The second-order valence-corrected chi connectivity index (χ2v) is 9.83. The van der Waals surface area contributed by atoms with Crippen LogP contribution in [0.2, 0.25) is 0 Å². The maximum absolute atomic E-state index is 13.4. The van der Waals surface area contributed by atoms with Crippen LogP contribution in [0.15, 0.2) is 36.7 Å². The fourth-order valence-corrected chi connectivity index (χ4v) is 4.10. The van der Waals surface area contributed by atoms with Gasteiger partial charge in [0.25, 0.3) is 11.9 Å². The lowest BCUT2D eigenvalue weighted by Crippen LogP contribution is -2.42. The molecular formula is C26H35F2N3O4. The number of amides is 1. The largest absolute Gasteiger partial charge is 0.488 e. The predicted molar refractivity (Wildman–Crippen MR) is 127 cm³/mol. The number of halogens is 2. The molecule has 1 atom stereocenters. The Morgan fingerprint density at radius 3 is 2.06 bits per heavy atom. The van der Waals surface area contributed by atoms with Crippen LogP contribution in [-0.2, 0) is 4.74 Å². The Labute approximate surface area is 205 Å². The summed E-state index contributed by atoms with van der Waals surface area (Å²) < 4.78 is 42.6. The number of carbonyl (C=O) groups excluding carboxylic acids is 1. The van der Waals surface area contributed by atoms with Gasteiger partial charge in [-0.05, 0) is 76.6 Å². The minimum absolute atomic E-state index is 0.0977. The molecule has 2 fully saturated rings. The van der Waals surface area contributed by atoms with E-state index < -0.39 is 17.5 Å². The van der Waals surface area contributed by atoms with E-state index in [0.29, 0.717) is 19.1 Å². The van der Waals surface area contributed by atoms with Crippen LogP contribution < -0.4 is 9.47 Å². The van der Waals surface area contributed by atoms with Gasteiger partial charge in [-0.3, -0.25) is 0 Å². The molecule has 3 heterocycles. The Morgan fingerprint density at radius 1 is 0.943 bits per heavy atom. The van der Waals surface area contributed by atoms with E-state index in [1.54, 1.807) is 23.1 Å². The molecule has 9 heteroatoms. The normalized spacial score (nSPS) is 18.1. The van der Waals surface area contributed by atoms with Gasteiger partial charge in [-0.15, -0.1) is 0 Å². The SMILES string of the molecule is CC(C)(C)OC(=O)N1CCC[C@H]1COc1cccnc1F.Fc1ncccc1OCC1CCCC1. The first-order chi connectivity index (χ1) is 16.7. The Morgan fingerprint density at radius 2 is 1.51 bits per heavy atom. The van der Waals surface area contributed by atoms with Crippen LogP contribution in [0.25, 0.3) is 0 Å². The molecule has 0 bridgehead atoms. The van der Waals surface area contributed by atoms with Crippen molar-refractivity contribution in [3.8, 4) is 11.5 Å². The first kappa shape index (κ1) is 26.6. The molecule has 1 saturated carbocycles. The van der Waals surface area contributed by atoms with Crippen molar-refractivity contribution in [3.63, 3.8) is 0 Å². The van der Waals surface area contributed by atoms with Gasteiger partial charge in [-0.2, -0.15) is 8.78 Å². The first-order valence-electron chi connectivity index (χ1n) is 12.2. The number of rotatable bonds is 6. The number of carbonyl (C=O) groups is 1. The van der Waals surface area contributed by atoms with Gasteiger partial charge in [0, 0.05) is 18.9 Å². The lowest BCUT2D eigenvalue weighted by Gasteiger charge is -2.28. The average Bonchev–Trinajstić information content (AvgIpc) is 3.49. The summed E-state index contributed by atoms with van der Waals surface area (Å²) in [5.74, 6) is -0.160. The van der Waals surface area contributed by atoms with E-state index >= 15 is 0 Å². The third kappa shape index (κ3) is 8.64. The molecule has 4 rings (SSSR count). The van der Waals surface area contributed by atoms with Crippen molar-refractivity contribution in [2.24, 2.45) is 5.92 Å². The van der Waals surface area contributed by atoms with Crippen LogP contribution >= 0.6 is 0 Å². The summed E-state index contributed by atoms with van der Waals surface area (Å²) in [7, 11) is 0. The van der Waals surface area contributed by atoms with Crippen molar-refractivity contribution in [1.29, 1.82) is 0 Å². The third-order valence-corrected chi connectivity index (χ3v) is 5.84. The van der Waals surface area contributed by atoms with Crippen LogP contribution in [-0.4, -0.2) is 52.4 Å². The highest BCUT2D eigenvalue weighted by atomic mass is 19.1. The highest BCUT2D eigenvalue weighted by Gasteiger charge is 2.32. The summed E-state index contributed by atoms with van der Waals surface area (Å²) in [5.41, 5.74) is -0.527. The number of nitrogens with zero attached hydrogens (tertiary/aromatic N) is 3. The Balaban J connectivity index is 0.000000211. The molecule has 0 spiro atoms. The van der Waals surface area contributed by atoms with E-state index in [1.807, 2.05) is 20.8 Å². The average molecular weight is 492 g/mol. The lowest BCUT2D eigenvalue weighted by molar-refractivity contribution is 0.0186. The van der Waals surface area contributed by atoms with Crippen molar-refractivity contribution in [1.82, 2.24) is 14.9 Å². The standard InChI is InChI=1S/C15H21FN2O3.C11H14FNO/c1-15(2,3)21-14(19)18-9-5-6-11(18)10-20-12-7-4-8-17-13(12)16;12-11-10(6-3-7-13-11)14-8-9-4-1-2-5-9/h4,7-8,11H,5-6,9-10H2,1-3H3;3,6-7,9H,1-2,4-5,8H2/t11-;/m0./s1. The maximum Gasteiger partial charge on any atom is 0.410 e. The van der Waals surface area contributed by atoms with Gasteiger partial charge in [0.1, 0.15) is 12.2 Å². The molecular weight excluding hydrogens is 456 g/mol. The van der Waals surface area contributed by atoms with Crippen LogP contribution in [0.4, 0.5) is 13.6 Å². The predicted octanol–water partition coefficient (Wildman–Crippen LogP) is 5.79. The minimum atomic E-state index is -0.640. The van der Waals surface area contributed by atoms with E-state index in [4.69, 9.17) is 14.2 Å². The molecule has 2 aliphatic rings. The fraction of sp³-hybridized carbons (Fsp3) is 0.577. The van der Waals surface area contributed by atoms with Crippen molar-refractivity contribution >= 4 is 6.09 Å². The number of hydrogen-bond donors (Lipinski definition) is 0. The van der Waals surface area contributed by atoms with Crippen molar-refractivity contribution in [2.45, 2.75) is 70.9 Å². The van der Waals surface area contributed by atoms with Gasteiger partial charge < -0.3 is 19.1 Å². The summed E-state index contributed by atoms with van der Waals surface area (Å²) in [6.07, 6.45) is 9.14. The molecule has 1 aliphatic carbocycles. The number of hydrogen-bond acceptors (Lipinski definition) is 6. The minimum Gasteiger partial charge on any atom is -0.488 e. The molecule has 0 aromatic carbocycles. The number of pyridine rings is 2. The van der Waals surface area contributed by atoms with Crippen molar-refractivity contribution in [2.75, 3.05) is 19.8 Å². The molecule has 2 aromatic rings. The van der Waals surface area contributed by atoms with Crippen molar-refractivity contribution in [3.05, 3.63) is 48.6 Å². The number of aromatic nitrogens is 2. The van der Waals surface area contributed by atoms with E-state index in [1.165, 1.54) is 44.1 Å². The summed E-state index contributed by atoms with van der Waals surface area (Å²) in [5, 5.41) is 0. The summed E-state index contributed by atoms with van der Waals surface area (Å²) in [6, 6.07) is 6.34. The topological polar surface area (TPSA) is 73.8 Å². The van der Waals surface area contributed by atoms with Gasteiger partial charge in [-0.25, -0.2) is 14.8 Å². The lowest BCUT2D eigenvalue weighted by atomic mass is 10.1. The Bertz CT molecular complexity index is 948. The molecule has 1 amide bonds. The molecule has 0 unspecified atom stereocenters. The molecule has 0 N–H and O–H groups in total. The van der Waals surface area contributed by atoms with Crippen LogP contribution in [0, 0.1) is 17.8 Å². The van der Waals surface area contributed by atoms with Gasteiger partial charge in [0.15, 0.2) is 11.5 Å². The van der Waals surface area contributed by atoms with E-state index in [9.17, 15) is 13.6 Å². The molecule has 0 radical (unpaired) electrons. The summed E-state index contributed by atoms with van der Waals surface area (Å²) >= 11 is 0. The monoisotopic (exact) mass is 491 g/mol. The maximum atomic E-state index is 13.4. The zero-order valence-corrected chi connectivity index (χ0v) is 20.7. The van der Waals surface area contributed by atoms with Crippen molar-refractivity contribution < 1.29 is 27.8 Å². The second kappa shape index (κ2) is 12.7. The molecule has 7 nitrogen and oxygen atoms in total. The summed E-state index contributed by atoms with van der Waals surface area (Å²) in [6.45, 7) is 7.00. The molecule has 35 heavy (non-hydrogen) atoms. The molecule has 1 aliphatic heterocycles. The van der Waals surface area contributed by atoms with Crippen LogP contribution in [0.3, 0.4) is 0 Å². The second-order valence-electron chi connectivity index (χ2n) is 9.83.